The van der Waals surface area contributed by atoms with Gasteiger partial charge in [-0.05, 0) is 18.1 Å². The predicted octanol–water partition coefficient (Wildman–Crippen LogP) is 1.03. The number of nitrogens with zero attached hydrogens (tertiary/aromatic N) is 3. The molecular formula is C13H21N3O2S. The quantitative estimate of drug-likeness (QED) is 0.820. The van der Waals surface area contributed by atoms with Crippen molar-refractivity contribution in [3.63, 3.8) is 0 Å². The molecule has 106 valence electrons. The summed E-state index contributed by atoms with van der Waals surface area (Å²) in [5.74, 6) is 1.08. The Hall–Kier alpha value is -1.01. The molecule has 1 aromatic heterocycles. The minimum Gasteiger partial charge on any atom is -0.380 e. The Morgan fingerprint density at radius 2 is 2.42 bits per heavy atom. The van der Waals surface area contributed by atoms with Crippen LogP contribution in [0.3, 0.4) is 0 Å². The van der Waals surface area contributed by atoms with E-state index in [9.17, 15) is 4.79 Å². The van der Waals surface area contributed by atoms with Gasteiger partial charge >= 0.3 is 0 Å². The first-order valence-corrected chi connectivity index (χ1v) is 7.23. The molecule has 1 aliphatic heterocycles. The maximum Gasteiger partial charge on any atom is 0.268 e. The zero-order valence-electron chi connectivity index (χ0n) is 11.5. The fourth-order valence-electron chi connectivity index (χ4n) is 2.24. The van der Waals surface area contributed by atoms with Crippen molar-refractivity contribution in [1.82, 2.24) is 9.78 Å². The van der Waals surface area contributed by atoms with Crippen LogP contribution >= 0.6 is 12.6 Å². The van der Waals surface area contributed by atoms with E-state index >= 15 is 0 Å². The first-order chi connectivity index (χ1) is 9.13. The Labute approximate surface area is 119 Å². The molecule has 2 unspecified atom stereocenters. The predicted molar refractivity (Wildman–Crippen MR) is 79.1 cm³/mol. The molecule has 2 atom stereocenters. The highest BCUT2D eigenvalue weighted by Gasteiger charge is 2.22. The number of thiol groups is 1. The van der Waals surface area contributed by atoms with E-state index in [1.54, 1.807) is 19.4 Å². The molecule has 0 spiro atoms. The molecule has 2 rings (SSSR count). The Morgan fingerprint density at radius 3 is 3.00 bits per heavy atom. The fourth-order valence-corrected chi connectivity index (χ4v) is 2.36. The van der Waals surface area contributed by atoms with Gasteiger partial charge in [-0.25, -0.2) is 4.68 Å². The molecule has 1 saturated heterocycles. The van der Waals surface area contributed by atoms with Crippen LogP contribution in [0.4, 0.5) is 5.69 Å². The lowest BCUT2D eigenvalue weighted by molar-refractivity contribution is 0.121. The molecule has 0 saturated carbocycles. The van der Waals surface area contributed by atoms with E-state index in [0.29, 0.717) is 12.5 Å². The first-order valence-electron chi connectivity index (χ1n) is 6.59. The molecule has 5 nitrogen and oxygen atoms in total. The monoisotopic (exact) mass is 283 g/mol. The van der Waals surface area contributed by atoms with E-state index in [4.69, 9.17) is 4.74 Å². The summed E-state index contributed by atoms with van der Waals surface area (Å²) in [6.07, 6.45) is 3.02. The van der Waals surface area contributed by atoms with Gasteiger partial charge in [0.15, 0.2) is 0 Å². The average Bonchev–Trinajstić information content (AvgIpc) is 2.89. The second-order valence-corrected chi connectivity index (χ2v) is 5.48. The number of hydrogen-bond acceptors (Lipinski definition) is 5. The Morgan fingerprint density at radius 1 is 1.63 bits per heavy atom. The van der Waals surface area contributed by atoms with Crippen LogP contribution in [-0.2, 0) is 11.3 Å². The molecule has 0 bridgehead atoms. The molecule has 1 aliphatic rings. The summed E-state index contributed by atoms with van der Waals surface area (Å²) < 4.78 is 6.84. The van der Waals surface area contributed by atoms with Gasteiger partial charge in [0.25, 0.3) is 5.56 Å². The van der Waals surface area contributed by atoms with Gasteiger partial charge in [-0.2, -0.15) is 17.7 Å². The molecule has 2 heterocycles. The second kappa shape index (κ2) is 6.43. The number of rotatable bonds is 5. The summed E-state index contributed by atoms with van der Waals surface area (Å²) in [4.78, 5) is 14.2. The van der Waals surface area contributed by atoms with Crippen LogP contribution in [0.2, 0.25) is 0 Å². The standard InChI is InChI=1S/C13H21N3O2S/c1-10(9-19)7-16-13(17)5-11(6-14-16)15-4-3-12(8-15)18-2/h5-6,10,12,19H,3-4,7-9H2,1-2H3. The lowest BCUT2D eigenvalue weighted by Gasteiger charge is -2.18. The van der Waals surface area contributed by atoms with E-state index in [-0.39, 0.29) is 11.7 Å². The Kier molecular flexibility index (Phi) is 4.87. The van der Waals surface area contributed by atoms with Crippen molar-refractivity contribution < 1.29 is 4.74 Å². The van der Waals surface area contributed by atoms with E-state index < -0.39 is 0 Å². The minimum absolute atomic E-state index is 0.0491. The third-order valence-electron chi connectivity index (χ3n) is 3.49. The van der Waals surface area contributed by atoms with Gasteiger partial charge in [-0.1, -0.05) is 6.92 Å². The third-order valence-corrected chi connectivity index (χ3v) is 4.12. The van der Waals surface area contributed by atoms with Crippen LogP contribution in [0.15, 0.2) is 17.1 Å². The van der Waals surface area contributed by atoms with Crippen LogP contribution in [0, 0.1) is 5.92 Å². The number of ether oxygens (including phenoxy) is 1. The molecule has 1 fully saturated rings. The molecular weight excluding hydrogens is 262 g/mol. The summed E-state index contributed by atoms with van der Waals surface area (Å²) in [5.41, 5.74) is 0.839. The van der Waals surface area contributed by atoms with Gasteiger partial charge in [-0.3, -0.25) is 4.79 Å². The molecule has 0 aromatic carbocycles. The smallest absolute Gasteiger partial charge is 0.268 e. The van der Waals surface area contributed by atoms with Crippen LogP contribution in [0.25, 0.3) is 0 Å². The Balaban J connectivity index is 2.09. The highest BCUT2D eigenvalue weighted by Crippen LogP contribution is 2.19. The van der Waals surface area contributed by atoms with Crippen molar-refractivity contribution in [2.45, 2.75) is 26.0 Å². The molecule has 6 heteroatoms. The number of hydrogen-bond donors (Lipinski definition) is 1. The van der Waals surface area contributed by atoms with E-state index in [1.807, 2.05) is 0 Å². The SMILES string of the molecule is COC1CCN(c2cnn(CC(C)CS)c(=O)c2)C1. The van der Waals surface area contributed by atoms with Crippen molar-refractivity contribution in [3.05, 3.63) is 22.6 Å². The lowest BCUT2D eigenvalue weighted by Crippen LogP contribution is -2.29. The highest BCUT2D eigenvalue weighted by molar-refractivity contribution is 7.80. The van der Waals surface area contributed by atoms with Crippen LogP contribution in [-0.4, -0.2) is 41.8 Å². The van der Waals surface area contributed by atoms with Gasteiger partial charge in [0.1, 0.15) is 0 Å². The normalized spacial score (nSPS) is 20.8. The maximum absolute atomic E-state index is 12.0. The number of methoxy groups -OCH3 is 1. The molecule has 0 amide bonds. The van der Waals surface area contributed by atoms with Crippen molar-refractivity contribution in [3.8, 4) is 0 Å². The van der Waals surface area contributed by atoms with Gasteiger partial charge in [0, 0.05) is 32.8 Å². The summed E-state index contributed by atoms with van der Waals surface area (Å²) in [6.45, 7) is 4.41. The van der Waals surface area contributed by atoms with Gasteiger partial charge in [0.2, 0.25) is 0 Å². The van der Waals surface area contributed by atoms with E-state index in [0.717, 1.165) is 31.0 Å². The molecule has 0 radical (unpaired) electrons. The summed E-state index contributed by atoms with van der Waals surface area (Å²) >= 11 is 4.23. The Bertz CT molecular complexity index is 477. The molecule has 1 aromatic rings. The van der Waals surface area contributed by atoms with E-state index in [2.05, 4.69) is 29.6 Å². The van der Waals surface area contributed by atoms with Crippen molar-refractivity contribution in [1.29, 1.82) is 0 Å². The van der Waals surface area contributed by atoms with Crippen LogP contribution in [0.1, 0.15) is 13.3 Å². The number of aromatic nitrogens is 2. The van der Waals surface area contributed by atoms with Crippen LogP contribution < -0.4 is 10.5 Å². The fraction of sp³-hybridized carbons (Fsp3) is 0.692. The largest absolute Gasteiger partial charge is 0.380 e. The summed E-state index contributed by atoms with van der Waals surface area (Å²) in [7, 11) is 1.73. The van der Waals surface area contributed by atoms with Crippen molar-refractivity contribution >= 4 is 18.3 Å². The van der Waals surface area contributed by atoms with Gasteiger partial charge in [0.05, 0.1) is 18.0 Å². The highest BCUT2D eigenvalue weighted by atomic mass is 32.1. The minimum atomic E-state index is -0.0491. The van der Waals surface area contributed by atoms with Gasteiger partial charge in [-0.15, -0.1) is 0 Å². The van der Waals surface area contributed by atoms with Crippen molar-refractivity contribution in [2.24, 2.45) is 5.92 Å². The third kappa shape index (κ3) is 3.51. The summed E-state index contributed by atoms with van der Waals surface area (Å²) in [6, 6.07) is 1.66. The maximum atomic E-state index is 12.0. The zero-order chi connectivity index (χ0) is 13.8. The lowest BCUT2D eigenvalue weighted by atomic mass is 10.2. The average molecular weight is 283 g/mol. The summed E-state index contributed by atoms with van der Waals surface area (Å²) in [5, 5.41) is 4.25. The molecule has 0 N–H and O–H groups in total. The van der Waals surface area contributed by atoms with Crippen molar-refractivity contribution in [2.75, 3.05) is 30.9 Å². The van der Waals surface area contributed by atoms with E-state index in [1.165, 1.54) is 4.68 Å². The number of anilines is 1. The molecule has 0 aliphatic carbocycles. The zero-order valence-corrected chi connectivity index (χ0v) is 12.3. The first kappa shape index (κ1) is 14.4. The second-order valence-electron chi connectivity index (χ2n) is 5.11. The van der Waals surface area contributed by atoms with Crippen LogP contribution in [0.5, 0.6) is 0 Å². The van der Waals surface area contributed by atoms with Gasteiger partial charge < -0.3 is 9.64 Å². The molecule has 19 heavy (non-hydrogen) atoms. The topological polar surface area (TPSA) is 47.4 Å².